The van der Waals surface area contributed by atoms with Gasteiger partial charge in [0.2, 0.25) is 15.9 Å². The molecule has 0 unspecified atom stereocenters. The summed E-state index contributed by atoms with van der Waals surface area (Å²) in [5.74, 6) is 0.0937. The maximum Gasteiger partial charge on any atom is 0.243 e. The third-order valence-corrected chi connectivity index (χ3v) is 7.55. The molecule has 0 spiro atoms. The van der Waals surface area contributed by atoms with Gasteiger partial charge in [-0.3, -0.25) is 9.59 Å². The van der Waals surface area contributed by atoms with E-state index in [1.165, 1.54) is 29.8 Å². The molecule has 1 aromatic rings. The summed E-state index contributed by atoms with van der Waals surface area (Å²) in [5, 5.41) is 3.12. The van der Waals surface area contributed by atoms with Crippen molar-refractivity contribution in [3.05, 3.63) is 29.8 Å². The largest absolute Gasteiger partial charge is 0.353 e. The SMILES string of the molecule is CC(=O)c1cccc(S(=O)(=O)N2CCC(NC(=O)C3CCCCC3)CC2)c1. The first-order valence-electron chi connectivity index (χ1n) is 9.79. The van der Waals surface area contributed by atoms with Gasteiger partial charge in [0.1, 0.15) is 0 Å². The van der Waals surface area contributed by atoms with Gasteiger partial charge in [-0.2, -0.15) is 4.31 Å². The van der Waals surface area contributed by atoms with E-state index in [0.717, 1.165) is 25.7 Å². The van der Waals surface area contributed by atoms with Crippen molar-refractivity contribution >= 4 is 21.7 Å². The van der Waals surface area contributed by atoms with Gasteiger partial charge in [0.05, 0.1) is 4.90 Å². The second kappa shape index (κ2) is 8.52. The zero-order valence-electron chi connectivity index (χ0n) is 15.8. The van der Waals surface area contributed by atoms with Crippen LogP contribution in [0.1, 0.15) is 62.2 Å². The van der Waals surface area contributed by atoms with Crippen molar-refractivity contribution in [2.75, 3.05) is 13.1 Å². The number of amides is 1. The molecule has 0 atom stereocenters. The molecule has 6 nitrogen and oxygen atoms in total. The molecule has 1 saturated heterocycles. The summed E-state index contributed by atoms with van der Waals surface area (Å²) < 4.78 is 27.2. The van der Waals surface area contributed by atoms with Crippen LogP contribution in [0.4, 0.5) is 0 Å². The van der Waals surface area contributed by atoms with Crippen LogP contribution in [0, 0.1) is 5.92 Å². The molecule has 1 amide bonds. The number of Topliss-reactive ketones (excluding diaryl/α,β-unsaturated/α-hetero) is 1. The summed E-state index contributed by atoms with van der Waals surface area (Å²) in [6, 6.07) is 6.22. The minimum atomic E-state index is -3.62. The van der Waals surface area contributed by atoms with E-state index in [1.807, 2.05) is 0 Å². The normalized spacial score (nSPS) is 20.3. The molecular formula is C20H28N2O4S. The highest BCUT2D eigenvalue weighted by molar-refractivity contribution is 7.89. The van der Waals surface area contributed by atoms with Crippen LogP contribution in [-0.2, 0) is 14.8 Å². The van der Waals surface area contributed by atoms with E-state index in [2.05, 4.69) is 5.32 Å². The molecule has 3 rings (SSSR count). The summed E-state index contributed by atoms with van der Waals surface area (Å²) >= 11 is 0. The van der Waals surface area contributed by atoms with Crippen molar-refractivity contribution < 1.29 is 18.0 Å². The van der Waals surface area contributed by atoms with Gasteiger partial charge in [-0.15, -0.1) is 0 Å². The maximum atomic E-state index is 12.9. The number of sulfonamides is 1. The standard InChI is InChI=1S/C20H28N2O4S/c1-15(23)17-8-5-9-19(14-17)27(25,26)22-12-10-18(11-13-22)21-20(24)16-6-3-2-4-7-16/h5,8-9,14,16,18H,2-4,6-7,10-13H2,1H3,(H,21,24). The van der Waals surface area contributed by atoms with Gasteiger partial charge < -0.3 is 5.32 Å². The van der Waals surface area contributed by atoms with Gasteiger partial charge in [0.15, 0.2) is 5.78 Å². The van der Waals surface area contributed by atoms with Crippen LogP contribution in [0.3, 0.4) is 0 Å². The highest BCUT2D eigenvalue weighted by atomic mass is 32.2. The average Bonchev–Trinajstić information content (AvgIpc) is 2.69. The molecule has 0 aromatic heterocycles. The quantitative estimate of drug-likeness (QED) is 0.781. The minimum Gasteiger partial charge on any atom is -0.353 e. The van der Waals surface area contributed by atoms with E-state index in [1.54, 1.807) is 12.1 Å². The maximum absolute atomic E-state index is 12.9. The van der Waals surface area contributed by atoms with E-state index < -0.39 is 10.0 Å². The zero-order chi connectivity index (χ0) is 19.4. The molecule has 27 heavy (non-hydrogen) atoms. The predicted octanol–water partition coefficient (Wildman–Crippen LogP) is 2.74. The van der Waals surface area contributed by atoms with Crippen molar-refractivity contribution in [2.45, 2.75) is 62.8 Å². The van der Waals surface area contributed by atoms with E-state index in [-0.39, 0.29) is 28.5 Å². The van der Waals surface area contributed by atoms with E-state index >= 15 is 0 Å². The van der Waals surface area contributed by atoms with E-state index in [0.29, 0.717) is 31.5 Å². The Morgan fingerprint density at radius 3 is 2.33 bits per heavy atom. The summed E-state index contributed by atoms with van der Waals surface area (Å²) in [6.07, 6.45) is 6.61. The summed E-state index contributed by atoms with van der Waals surface area (Å²) in [6.45, 7) is 2.18. The lowest BCUT2D eigenvalue weighted by Crippen LogP contribution is -2.48. The Kier molecular flexibility index (Phi) is 6.32. The number of rotatable bonds is 5. The van der Waals surface area contributed by atoms with E-state index in [9.17, 15) is 18.0 Å². The second-order valence-electron chi connectivity index (χ2n) is 7.61. The number of carbonyl (C=O) groups is 2. The lowest BCUT2D eigenvalue weighted by atomic mass is 9.88. The predicted molar refractivity (Wildman–Crippen MR) is 103 cm³/mol. The molecule has 7 heteroatoms. The Labute approximate surface area is 161 Å². The van der Waals surface area contributed by atoms with Crippen LogP contribution < -0.4 is 5.32 Å². The molecular weight excluding hydrogens is 364 g/mol. The number of benzene rings is 1. The fraction of sp³-hybridized carbons (Fsp3) is 0.600. The Bertz CT molecular complexity index is 792. The molecule has 0 radical (unpaired) electrons. The Balaban J connectivity index is 1.58. The average molecular weight is 393 g/mol. The van der Waals surface area contributed by atoms with E-state index in [4.69, 9.17) is 0 Å². The third-order valence-electron chi connectivity index (χ3n) is 5.65. The van der Waals surface area contributed by atoms with Gasteiger partial charge >= 0.3 is 0 Å². The Hall–Kier alpha value is -1.73. The zero-order valence-corrected chi connectivity index (χ0v) is 16.6. The van der Waals surface area contributed by atoms with Crippen LogP contribution >= 0.6 is 0 Å². The molecule has 1 saturated carbocycles. The molecule has 1 N–H and O–H groups in total. The van der Waals surface area contributed by atoms with Gasteiger partial charge in [-0.25, -0.2) is 8.42 Å². The van der Waals surface area contributed by atoms with Crippen molar-refractivity contribution in [3.63, 3.8) is 0 Å². The summed E-state index contributed by atoms with van der Waals surface area (Å²) in [5.41, 5.74) is 0.394. The topological polar surface area (TPSA) is 83.6 Å². The number of carbonyl (C=O) groups excluding carboxylic acids is 2. The number of hydrogen-bond donors (Lipinski definition) is 1. The van der Waals surface area contributed by atoms with Crippen LogP contribution in [-0.4, -0.2) is 43.5 Å². The minimum absolute atomic E-state index is 0.0365. The van der Waals surface area contributed by atoms with Crippen LogP contribution in [0.25, 0.3) is 0 Å². The highest BCUT2D eigenvalue weighted by Crippen LogP contribution is 2.25. The molecule has 1 heterocycles. The third kappa shape index (κ3) is 4.76. The fourth-order valence-electron chi connectivity index (χ4n) is 3.95. The van der Waals surface area contributed by atoms with Gasteiger partial charge in [-0.05, 0) is 44.7 Å². The first-order chi connectivity index (χ1) is 12.9. The molecule has 1 aliphatic heterocycles. The van der Waals surface area contributed by atoms with Crippen LogP contribution in [0.5, 0.6) is 0 Å². The van der Waals surface area contributed by atoms with Crippen molar-refractivity contribution in [2.24, 2.45) is 5.92 Å². The molecule has 1 aliphatic carbocycles. The van der Waals surface area contributed by atoms with Crippen LogP contribution in [0.15, 0.2) is 29.2 Å². The smallest absolute Gasteiger partial charge is 0.243 e. The summed E-state index contributed by atoms with van der Waals surface area (Å²) in [4.78, 5) is 24.1. The van der Waals surface area contributed by atoms with Crippen molar-refractivity contribution in [3.8, 4) is 0 Å². The molecule has 0 bridgehead atoms. The first kappa shape index (κ1) is 20.0. The number of ketones is 1. The Morgan fingerprint density at radius 2 is 1.70 bits per heavy atom. The number of hydrogen-bond acceptors (Lipinski definition) is 4. The van der Waals surface area contributed by atoms with Gasteiger partial charge in [-0.1, -0.05) is 31.4 Å². The fourth-order valence-corrected chi connectivity index (χ4v) is 5.47. The van der Waals surface area contributed by atoms with Crippen molar-refractivity contribution in [1.82, 2.24) is 9.62 Å². The lowest BCUT2D eigenvalue weighted by molar-refractivity contribution is -0.126. The number of piperidine rings is 1. The molecule has 148 valence electrons. The van der Waals surface area contributed by atoms with Gasteiger partial charge in [0, 0.05) is 30.6 Å². The first-order valence-corrected chi connectivity index (χ1v) is 11.2. The number of nitrogens with zero attached hydrogens (tertiary/aromatic N) is 1. The second-order valence-corrected chi connectivity index (χ2v) is 9.54. The Morgan fingerprint density at radius 1 is 1.04 bits per heavy atom. The summed E-state index contributed by atoms with van der Waals surface area (Å²) in [7, 11) is -3.62. The number of nitrogens with one attached hydrogen (secondary N) is 1. The monoisotopic (exact) mass is 392 g/mol. The van der Waals surface area contributed by atoms with Crippen LogP contribution in [0.2, 0.25) is 0 Å². The molecule has 1 aromatic carbocycles. The van der Waals surface area contributed by atoms with Gasteiger partial charge in [0.25, 0.3) is 0 Å². The highest BCUT2D eigenvalue weighted by Gasteiger charge is 2.31. The molecule has 2 fully saturated rings. The lowest BCUT2D eigenvalue weighted by Gasteiger charge is -2.33. The molecule has 2 aliphatic rings. The van der Waals surface area contributed by atoms with Crippen molar-refractivity contribution in [1.29, 1.82) is 0 Å².